The molecule has 0 spiro atoms. The van der Waals surface area contributed by atoms with Gasteiger partial charge >= 0.3 is 0 Å². The summed E-state index contributed by atoms with van der Waals surface area (Å²) in [5.41, 5.74) is 1.46. The zero-order valence-corrected chi connectivity index (χ0v) is 16.7. The van der Waals surface area contributed by atoms with Crippen LogP contribution < -0.4 is 0 Å². The Morgan fingerprint density at radius 1 is 1.20 bits per heavy atom. The van der Waals surface area contributed by atoms with Gasteiger partial charge in [-0.2, -0.15) is 17.0 Å². The molecular formula is C16H20BrN3O4S. The summed E-state index contributed by atoms with van der Waals surface area (Å²) in [6.07, 6.45) is 0. The number of halogens is 1. The normalized spacial score (nSPS) is 16.8. The van der Waals surface area contributed by atoms with Crippen molar-refractivity contribution >= 4 is 43.0 Å². The van der Waals surface area contributed by atoms with Crippen molar-refractivity contribution < 1.29 is 17.6 Å². The van der Waals surface area contributed by atoms with E-state index in [2.05, 4.69) is 15.9 Å². The molecule has 25 heavy (non-hydrogen) atoms. The van der Waals surface area contributed by atoms with E-state index in [1.54, 1.807) is 4.90 Å². The third kappa shape index (κ3) is 3.33. The number of hydrogen-bond donors (Lipinski definition) is 0. The highest BCUT2D eigenvalue weighted by Crippen LogP contribution is 2.29. The van der Waals surface area contributed by atoms with Crippen molar-refractivity contribution in [1.82, 2.24) is 13.5 Å². The Hall–Kier alpha value is -1.42. The lowest BCUT2D eigenvalue weighted by atomic mass is 10.1. The lowest BCUT2D eigenvalue weighted by Crippen LogP contribution is -2.53. The molecule has 0 radical (unpaired) electrons. The van der Waals surface area contributed by atoms with Crippen molar-refractivity contribution in [2.45, 2.75) is 6.92 Å². The van der Waals surface area contributed by atoms with Gasteiger partial charge in [-0.3, -0.25) is 4.79 Å². The topological polar surface area (TPSA) is 74.1 Å². The number of aryl methyl sites for hydroxylation is 1. The molecule has 0 aliphatic carbocycles. The number of benzene rings is 1. The summed E-state index contributed by atoms with van der Waals surface area (Å²) in [6.45, 7) is 3.09. The molecule has 1 aliphatic rings. The number of carbonyl (C=O) groups excluding carboxylic acids is 1. The van der Waals surface area contributed by atoms with E-state index >= 15 is 0 Å². The van der Waals surface area contributed by atoms with Crippen LogP contribution in [0.2, 0.25) is 0 Å². The van der Waals surface area contributed by atoms with Gasteiger partial charge in [-0.25, -0.2) is 0 Å². The van der Waals surface area contributed by atoms with Gasteiger partial charge in [0.25, 0.3) is 16.1 Å². The van der Waals surface area contributed by atoms with Crippen molar-refractivity contribution in [1.29, 1.82) is 0 Å². The van der Waals surface area contributed by atoms with Gasteiger partial charge in [-0.05, 0) is 25.1 Å². The van der Waals surface area contributed by atoms with Crippen LogP contribution in [-0.4, -0.2) is 68.1 Å². The minimum atomic E-state index is -3.45. The summed E-state index contributed by atoms with van der Waals surface area (Å²) >= 11 is 3.42. The third-order valence-electron chi connectivity index (χ3n) is 4.41. The molecule has 0 N–H and O–H groups in total. The predicted octanol–water partition coefficient (Wildman–Crippen LogP) is 2.07. The number of fused-ring (bicyclic) bond motifs is 1. The zero-order chi connectivity index (χ0) is 18.4. The van der Waals surface area contributed by atoms with Gasteiger partial charge in [0.2, 0.25) is 0 Å². The maximum absolute atomic E-state index is 12.8. The number of furan rings is 1. The van der Waals surface area contributed by atoms with Gasteiger partial charge in [0.05, 0.1) is 0 Å². The van der Waals surface area contributed by atoms with Gasteiger partial charge in [0.15, 0.2) is 5.76 Å². The Morgan fingerprint density at radius 3 is 2.44 bits per heavy atom. The van der Waals surface area contributed by atoms with Crippen LogP contribution >= 0.6 is 15.9 Å². The summed E-state index contributed by atoms with van der Waals surface area (Å²) in [6, 6.07) is 5.61. The molecule has 136 valence electrons. The fourth-order valence-electron chi connectivity index (χ4n) is 2.89. The van der Waals surface area contributed by atoms with E-state index in [1.807, 2.05) is 25.1 Å². The molecule has 0 saturated carbocycles. The summed E-state index contributed by atoms with van der Waals surface area (Å²) < 4.78 is 33.6. The fraction of sp³-hybridized carbons (Fsp3) is 0.438. The Morgan fingerprint density at radius 2 is 1.84 bits per heavy atom. The largest absolute Gasteiger partial charge is 0.451 e. The van der Waals surface area contributed by atoms with Crippen molar-refractivity contribution in [3.63, 3.8) is 0 Å². The molecular weight excluding hydrogens is 410 g/mol. The molecule has 2 heterocycles. The highest BCUT2D eigenvalue weighted by Gasteiger charge is 2.32. The molecule has 1 saturated heterocycles. The SMILES string of the molecule is Cc1c(C(=O)N2CCN(S(=O)(=O)N(C)C)CC2)oc2ccc(Br)cc12. The van der Waals surface area contributed by atoms with E-state index in [1.165, 1.54) is 22.7 Å². The van der Waals surface area contributed by atoms with Crippen molar-refractivity contribution in [2.75, 3.05) is 40.3 Å². The molecule has 3 rings (SSSR count). The first-order chi connectivity index (χ1) is 11.7. The Balaban J connectivity index is 1.79. The van der Waals surface area contributed by atoms with Crippen LogP contribution in [0.25, 0.3) is 11.0 Å². The Kier molecular flexibility index (Phi) is 4.93. The molecule has 0 bridgehead atoms. The first-order valence-corrected chi connectivity index (χ1v) is 10.1. The van der Waals surface area contributed by atoms with Gasteiger partial charge in [-0.1, -0.05) is 15.9 Å². The molecule has 1 aliphatic heterocycles. The number of carbonyl (C=O) groups is 1. The smallest absolute Gasteiger partial charge is 0.289 e. The second-order valence-electron chi connectivity index (χ2n) is 6.18. The zero-order valence-electron chi connectivity index (χ0n) is 14.3. The van der Waals surface area contributed by atoms with E-state index in [0.717, 1.165) is 15.4 Å². The number of amides is 1. The van der Waals surface area contributed by atoms with E-state index in [4.69, 9.17) is 4.42 Å². The van der Waals surface area contributed by atoms with E-state index in [0.29, 0.717) is 24.4 Å². The molecule has 0 unspecified atom stereocenters. The number of piperazine rings is 1. The van der Waals surface area contributed by atoms with Gasteiger partial charge in [0, 0.05) is 55.7 Å². The van der Waals surface area contributed by atoms with Crippen LogP contribution in [0.1, 0.15) is 16.1 Å². The Bertz CT molecular complexity index is 915. The minimum Gasteiger partial charge on any atom is -0.451 e. The quantitative estimate of drug-likeness (QED) is 0.748. The fourth-order valence-corrected chi connectivity index (χ4v) is 4.34. The summed E-state index contributed by atoms with van der Waals surface area (Å²) in [5.74, 6) is 0.115. The maximum atomic E-state index is 12.8. The number of nitrogens with zero attached hydrogens (tertiary/aromatic N) is 3. The van der Waals surface area contributed by atoms with Crippen LogP contribution in [0, 0.1) is 6.92 Å². The molecule has 2 aromatic rings. The highest BCUT2D eigenvalue weighted by molar-refractivity contribution is 9.10. The monoisotopic (exact) mass is 429 g/mol. The Labute approximate surface area is 155 Å². The van der Waals surface area contributed by atoms with Crippen LogP contribution in [0.3, 0.4) is 0 Å². The van der Waals surface area contributed by atoms with E-state index in [-0.39, 0.29) is 19.0 Å². The molecule has 1 aromatic heterocycles. The first kappa shape index (κ1) is 18.4. The van der Waals surface area contributed by atoms with Crippen molar-refractivity contribution in [2.24, 2.45) is 0 Å². The van der Waals surface area contributed by atoms with E-state index in [9.17, 15) is 13.2 Å². The number of rotatable bonds is 3. The first-order valence-electron chi connectivity index (χ1n) is 7.87. The second-order valence-corrected chi connectivity index (χ2v) is 9.24. The summed E-state index contributed by atoms with van der Waals surface area (Å²) in [7, 11) is -0.442. The highest BCUT2D eigenvalue weighted by atomic mass is 79.9. The van der Waals surface area contributed by atoms with Crippen LogP contribution in [0.15, 0.2) is 27.1 Å². The molecule has 7 nitrogen and oxygen atoms in total. The van der Waals surface area contributed by atoms with Gasteiger partial charge in [0.1, 0.15) is 5.58 Å². The average Bonchev–Trinajstić information content (AvgIpc) is 2.90. The molecule has 9 heteroatoms. The molecule has 1 aromatic carbocycles. The summed E-state index contributed by atoms with van der Waals surface area (Å²) in [4.78, 5) is 14.4. The van der Waals surface area contributed by atoms with Gasteiger partial charge in [-0.15, -0.1) is 0 Å². The van der Waals surface area contributed by atoms with Crippen molar-refractivity contribution in [3.8, 4) is 0 Å². The second kappa shape index (κ2) is 6.71. The minimum absolute atomic E-state index is 0.202. The lowest BCUT2D eigenvalue weighted by Gasteiger charge is -2.34. The predicted molar refractivity (Wildman–Crippen MR) is 98.7 cm³/mol. The summed E-state index contributed by atoms with van der Waals surface area (Å²) in [5, 5.41) is 0.895. The standard InChI is InChI=1S/C16H20BrN3O4S/c1-11-13-10-12(17)4-5-14(13)24-15(11)16(21)19-6-8-20(9-7-19)25(22,23)18(2)3/h4-5,10H,6-9H2,1-3H3. The number of hydrogen-bond acceptors (Lipinski definition) is 4. The third-order valence-corrected chi connectivity index (χ3v) is 6.84. The molecule has 0 atom stereocenters. The van der Waals surface area contributed by atoms with Crippen LogP contribution in [0.4, 0.5) is 0 Å². The maximum Gasteiger partial charge on any atom is 0.289 e. The van der Waals surface area contributed by atoms with E-state index < -0.39 is 10.2 Å². The van der Waals surface area contributed by atoms with Crippen molar-refractivity contribution in [3.05, 3.63) is 34.0 Å². The average molecular weight is 430 g/mol. The molecule has 1 amide bonds. The van der Waals surface area contributed by atoms with Crippen LogP contribution in [-0.2, 0) is 10.2 Å². The lowest BCUT2D eigenvalue weighted by molar-refractivity contribution is 0.0664. The van der Waals surface area contributed by atoms with Crippen LogP contribution in [0.5, 0.6) is 0 Å². The van der Waals surface area contributed by atoms with Gasteiger partial charge < -0.3 is 9.32 Å². The molecule has 1 fully saturated rings.